The number of fused-ring (bicyclic) bond motifs is 3. The number of benzene rings is 2. The Morgan fingerprint density at radius 1 is 1.06 bits per heavy atom. The molecule has 1 heterocycles. The van der Waals surface area contributed by atoms with Crippen molar-refractivity contribution in [3.8, 4) is 11.1 Å². The van der Waals surface area contributed by atoms with Crippen molar-refractivity contribution >= 4 is 29.3 Å². The third-order valence-electron chi connectivity index (χ3n) is 5.50. The van der Waals surface area contributed by atoms with Gasteiger partial charge in [-0.3, -0.25) is 9.59 Å². The molecular formula is C24H23N3O5S. The lowest BCUT2D eigenvalue weighted by Gasteiger charge is -2.14. The second-order valence-corrected chi connectivity index (χ2v) is 8.70. The largest absolute Gasteiger partial charge is 0.481 e. The molecule has 1 atom stereocenters. The van der Waals surface area contributed by atoms with Gasteiger partial charge in [-0.25, -0.2) is 9.78 Å². The predicted octanol–water partition coefficient (Wildman–Crippen LogP) is 3.63. The van der Waals surface area contributed by atoms with E-state index in [-0.39, 0.29) is 31.3 Å². The van der Waals surface area contributed by atoms with Crippen molar-refractivity contribution in [1.29, 1.82) is 0 Å². The first-order valence-corrected chi connectivity index (χ1v) is 11.4. The molecule has 0 aliphatic heterocycles. The minimum Gasteiger partial charge on any atom is -0.481 e. The molecule has 3 aromatic rings. The summed E-state index contributed by atoms with van der Waals surface area (Å²) >= 11 is 1.23. The van der Waals surface area contributed by atoms with Crippen LogP contribution >= 0.6 is 11.3 Å². The minimum atomic E-state index is -0.985. The second kappa shape index (κ2) is 9.83. The highest BCUT2D eigenvalue weighted by Crippen LogP contribution is 2.44. The van der Waals surface area contributed by atoms with Gasteiger partial charge in [0.1, 0.15) is 17.3 Å². The van der Waals surface area contributed by atoms with Gasteiger partial charge in [-0.1, -0.05) is 55.5 Å². The number of aromatic nitrogens is 1. The van der Waals surface area contributed by atoms with E-state index in [0.29, 0.717) is 5.01 Å². The van der Waals surface area contributed by atoms with E-state index >= 15 is 0 Å². The summed E-state index contributed by atoms with van der Waals surface area (Å²) in [6, 6.07) is 16.2. The number of aliphatic carboxylic acids is 1. The molecule has 0 bridgehead atoms. The summed E-state index contributed by atoms with van der Waals surface area (Å²) in [6.07, 6.45) is -0.562. The number of hydrogen-bond donors (Lipinski definition) is 3. The second-order valence-electron chi connectivity index (χ2n) is 7.75. The Hall–Kier alpha value is -3.72. The van der Waals surface area contributed by atoms with Crippen molar-refractivity contribution in [2.24, 2.45) is 5.92 Å². The fourth-order valence-corrected chi connectivity index (χ4v) is 4.43. The van der Waals surface area contributed by atoms with Crippen molar-refractivity contribution in [2.45, 2.75) is 19.4 Å². The zero-order valence-electron chi connectivity index (χ0n) is 17.9. The number of nitrogens with one attached hydrogen (secondary N) is 2. The van der Waals surface area contributed by atoms with Crippen LogP contribution in [0, 0.1) is 5.92 Å². The van der Waals surface area contributed by atoms with Crippen molar-refractivity contribution < 1.29 is 24.2 Å². The van der Waals surface area contributed by atoms with E-state index < -0.39 is 23.9 Å². The van der Waals surface area contributed by atoms with E-state index in [0.717, 1.165) is 22.3 Å². The van der Waals surface area contributed by atoms with Gasteiger partial charge in [0.05, 0.1) is 12.5 Å². The van der Waals surface area contributed by atoms with E-state index in [1.54, 1.807) is 5.38 Å². The molecule has 9 heteroatoms. The molecule has 1 aliphatic carbocycles. The van der Waals surface area contributed by atoms with Gasteiger partial charge in [-0.2, -0.15) is 0 Å². The fraction of sp³-hybridized carbons (Fsp3) is 0.250. The lowest BCUT2D eigenvalue weighted by molar-refractivity contribution is -0.140. The Labute approximate surface area is 194 Å². The molecule has 0 saturated carbocycles. The molecule has 4 rings (SSSR count). The number of carboxylic acid groups (broad SMARTS) is 1. The van der Waals surface area contributed by atoms with Crippen molar-refractivity contribution in [3.63, 3.8) is 0 Å². The van der Waals surface area contributed by atoms with Gasteiger partial charge >= 0.3 is 12.1 Å². The van der Waals surface area contributed by atoms with E-state index in [1.807, 2.05) is 24.3 Å². The molecule has 0 fully saturated rings. The number of amides is 2. The summed E-state index contributed by atoms with van der Waals surface area (Å²) in [6.45, 7) is 1.86. The van der Waals surface area contributed by atoms with E-state index in [9.17, 15) is 14.4 Å². The van der Waals surface area contributed by atoms with Gasteiger partial charge in [0.25, 0.3) is 5.91 Å². The topological polar surface area (TPSA) is 118 Å². The lowest BCUT2D eigenvalue weighted by atomic mass is 9.98. The van der Waals surface area contributed by atoms with E-state index in [4.69, 9.17) is 9.84 Å². The monoisotopic (exact) mass is 465 g/mol. The number of rotatable bonds is 8. The Kier molecular flexibility index (Phi) is 6.69. The normalized spacial score (nSPS) is 13.0. The minimum absolute atomic E-state index is 0.0129. The van der Waals surface area contributed by atoms with Crippen LogP contribution in [0.25, 0.3) is 11.1 Å². The zero-order chi connectivity index (χ0) is 23.4. The Balaban J connectivity index is 1.29. The van der Waals surface area contributed by atoms with Gasteiger partial charge in [0.15, 0.2) is 0 Å². The summed E-state index contributed by atoms with van der Waals surface area (Å²) in [5.74, 6) is -2.15. The Morgan fingerprint density at radius 3 is 2.33 bits per heavy atom. The fourth-order valence-electron chi connectivity index (χ4n) is 3.72. The number of alkyl carbamates (subject to hydrolysis) is 1. The van der Waals surface area contributed by atoms with Crippen molar-refractivity contribution in [3.05, 3.63) is 75.7 Å². The summed E-state index contributed by atoms with van der Waals surface area (Å²) in [5, 5.41) is 16.2. The first kappa shape index (κ1) is 22.5. The maximum Gasteiger partial charge on any atom is 0.407 e. The van der Waals surface area contributed by atoms with Crippen LogP contribution in [0.4, 0.5) is 4.79 Å². The highest BCUT2D eigenvalue weighted by molar-refractivity contribution is 7.09. The molecule has 170 valence electrons. The van der Waals surface area contributed by atoms with Crippen LogP contribution in [0.3, 0.4) is 0 Å². The van der Waals surface area contributed by atoms with Crippen LogP contribution in [0.15, 0.2) is 53.9 Å². The van der Waals surface area contributed by atoms with Gasteiger partial charge in [-0.15, -0.1) is 11.3 Å². The molecule has 2 aromatic carbocycles. The molecular weight excluding hydrogens is 442 g/mol. The molecule has 0 radical (unpaired) electrons. The number of hydrogen-bond acceptors (Lipinski definition) is 6. The number of carbonyl (C=O) groups is 3. The third-order valence-corrected chi connectivity index (χ3v) is 6.35. The number of carbonyl (C=O) groups excluding carboxylic acids is 2. The molecule has 1 aromatic heterocycles. The SMILES string of the molecule is CC(CNC(=O)c1csc(CNC(=O)OCC2c3ccccc3-c3ccccc32)n1)C(=O)O. The smallest absolute Gasteiger partial charge is 0.407 e. The molecule has 0 saturated heterocycles. The van der Waals surface area contributed by atoms with Crippen molar-refractivity contribution in [1.82, 2.24) is 15.6 Å². The summed E-state index contributed by atoms with van der Waals surface area (Å²) < 4.78 is 5.49. The third kappa shape index (κ3) is 5.04. The highest BCUT2D eigenvalue weighted by Gasteiger charge is 2.29. The van der Waals surface area contributed by atoms with Gasteiger partial charge < -0.3 is 20.5 Å². The first-order chi connectivity index (χ1) is 15.9. The van der Waals surface area contributed by atoms with Crippen LogP contribution in [0.1, 0.15) is 39.5 Å². The number of thiazole rings is 1. The maximum absolute atomic E-state index is 12.3. The molecule has 2 amide bonds. The first-order valence-electron chi connectivity index (χ1n) is 10.5. The lowest BCUT2D eigenvalue weighted by Crippen LogP contribution is -2.31. The summed E-state index contributed by atoms with van der Waals surface area (Å²) in [7, 11) is 0. The highest BCUT2D eigenvalue weighted by atomic mass is 32.1. The molecule has 8 nitrogen and oxygen atoms in total. The average molecular weight is 466 g/mol. The van der Waals surface area contributed by atoms with Crippen LogP contribution in [0.2, 0.25) is 0 Å². The van der Waals surface area contributed by atoms with Crippen LogP contribution in [-0.2, 0) is 16.1 Å². The maximum atomic E-state index is 12.3. The van der Waals surface area contributed by atoms with Gasteiger partial charge in [0, 0.05) is 17.8 Å². The van der Waals surface area contributed by atoms with Crippen LogP contribution in [0.5, 0.6) is 0 Å². The molecule has 1 unspecified atom stereocenters. The molecule has 0 spiro atoms. The Bertz CT molecular complexity index is 1150. The van der Waals surface area contributed by atoms with Crippen molar-refractivity contribution in [2.75, 3.05) is 13.2 Å². The summed E-state index contributed by atoms with van der Waals surface area (Å²) in [5.41, 5.74) is 4.78. The van der Waals surface area contributed by atoms with Gasteiger partial charge in [-0.05, 0) is 22.3 Å². The number of carboxylic acids is 1. The number of ether oxygens (including phenoxy) is 1. The van der Waals surface area contributed by atoms with E-state index in [1.165, 1.54) is 18.3 Å². The molecule has 33 heavy (non-hydrogen) atoms. The molecule has 3 N–H and O–H groups in total. The van der Waals surface area contributed by atoms with Crippen LogP contribution in [-0.4, -0.2) is 41.2 Å². The Morgan fingerprint density at radius 2 is 1.70 bits per heavy atom. The standard InChI is InChI=1S/C24H23N3O5S/c1-14(23(29)30)10-25-22(28)20-13-33-21(27-20)11-26-24(31)32-12-19-17-8-4-2-6-15(17)16-7-3-5-9-18(16)19/h2-9,13-14,19H,10-12H2,1H3,(H,25,28)(H,26,31)(H,29,30). The number of nitrogens with zero attached hydrogens (tertiary/aromatic N) is 1. The average Bonchev–Trinajstić information content (AvgIpc) is 3.42. The summed E-state index contributed by atoms with van der Waals surface area (Å²) in [4.78, 5) is 39.4. The van der Waals surface area contributed by atoms with Gasteiger partial charge in [0.2, 0.25) is 0 Å². The van der Waals surface area contributed by atoms with E-state index in [2.05, 4.69) is 39.9 Å². The molecule has 1 aliphatic rings. The zero-order valence-corrected chi connectivity index (χ0v) is 18.7. The quantitative estimate of drug-likeness (QED) is 0.468. The predicted molar refractivity (Wildman–Crippen MR) is 123 cm³/mol. The van der Waals surface area contributed by atoms with Crippen LogP contribution < -0.4 is 10.6 Å².